The molecule has 0 aromatic carbocycles. The topological polar surface area (TPSA) is 117 Å². The van der Waals surface area contributed by atoms with Crippen molar-refractivity contribution in [1.82, 2.24) is 5.32 Å². The Morgan fingerprint density at radius 1 is 1.00 bits per heavy atom. The molecule has 1 saturated heterocycles. The summed E-state index contributed by atoms with van der Waals surface area (Å²) in [6.45, 7) is 4.02. The van der Waals surface area contributed by atoms with E-state index in [0.717, 1.165) is 27.7 Å². The van der Waals surface area contributed by atoms with Crippen LogP contribution in [0, 0.1) is 0 Å². The van der Waals surface area contributed by atoms with E-state index in [1.54, 1.807) is 0 Å². The normalized spacial score (nSPS) is 29.3. The van der Waals surface area contributed by atoms with E-state index in [4.69, 9.17) is 18.9 Å². The molecule has 10 heteroatoms. The molecule has 1 fully saturated rings. The van der Waals surface area contributed by atoms with Crippen molar-refractivity contribution in [2.24, 2.45) is 0 Å². The van der Waals surface area contributed by atoms with Gasteiger partial charge in [-0.1, -0.05) is 0 Å². The van der Waals surface area contributed by atoms with Crippen molar-refractivity contribution in [2.75, 3.05) is 6.61 Å². The molecule has 1 rings (SSSR count). The third-order valence-corrected chi connectivity index (χ3v) is 3.03. The summed E-state index contributed by atoms with van der Waals surface area (Å²) in [4.78, 5) is 44.6. The van der Waals surface area contributed by atoms with Crippen molar-refractivity contribution >= 4 is 23.8 Å². The van der Waals surface area contributed by atoms with E-state index in [-0.39, 0.29) is 0 Å². The van der Waals surface area contributed by atoms with Crippen LogP contribution in [-0.2, 0) is 38.1 Å². The first-order valence-corrected chi connectivity index (χ1v) is 7.16. The summed E-state index contributed by atoms with van der Waals surface area (Å²) in [6.07, 6.45) is -6.07. The van der Waals surface area contributed by atoms with Crippen LogP contribution < -0.4 is 5.32 Å². The second-order valence-corrected chi connectivity index (χ2v) is 5.20. The lowest BCUT2D eigenvalue weighted by Crippen LogP contribution is -2.64. The molecule has 0 spiro atoms. The fourth-order valence-corrected chi connectivity index (χ4v) is 2.21. The smallest absolute Gasteiger partial charge is 0.305 e. The van der Waals surface area contributed by atoms with Gasteiger partial charge in [-0.15, -0.1) is 0 Å². The molecule has 136 valence electrons. The standard InChI is InChI=1S/C14H20FNO8/c1-6(17)16-12-11(15)13(22-8(3)19)10(5-21-7(2)18)24-14(12)23-9(4)20/h10-14H,5H2,1-4H3,(H,16,17)/t10-,11-,12-,13-,14-/m1/s1. The number of esters is 3. The monoisotopic (exact) mass is 349 g/mol. The zero-order chi connectivity index (χ0) is 18.4. The van der Waals surface area contributed by atoms with E-state index >= 15 is 0 Å². The Kier molecular flexibility index (Phi) is 7.08. The zero-order valence-electron chi connectivity index (χ0n) is 13.7. The van der Waals surface area contributed by atoms with E-state index in [9.17, 15) is 23.6 Å². The molecule has 1 amide bonds. The molecule has 0 saturated carbocycles. The number of carbonyl (C=O) groups excluding carboxylic acids is 4. The lowest BCUT2D eigenvalue weighted by Gasteiger charge is -2.42. The van der Waals surface area contributed by atoms with Crippen LogP contribution in [0.3, 0.4) is 0 Å². The van der Waals surface area contributed by atoms with Crippen molar-refractivity contribution in [1.29, 1.82) is 0 Å². The number of amides is 1. The molecule has 0 aromatic heterocycles. The molecular weight excluding hydrogens is 329 g/mol. The van der Waals surface area contributed by atoms with Gasteiger partial charge in [-0.05, 0) is 0 Å². The van der Waals surface area contributed by atoms with E-state index in [0.29, 0.717) is 0 Å². The van der Waals surface area contributed by atoms with Gasteiger partial charge in [-0.25, -0.2) is 4.39 Å². The maximum Gasteiger partial charge on any atom is 0.305 e. The Balaban J connectivity index is 3.04. The molecule has 1 N–H and O–H groups in total. The summed E-state index contributed by atoms with van der Waals surface area (Å²) in [6, 6.07) is -1.38. The first-order chi connectivity index (χ1) is 11.1. The van der Waals surface area contributed by atoms with Gasteiger partial charge in [0, 0.05) is 27.7 Å². The van der Waals surface area contributed by atoms with Crippen LogP contribution in [0.4, 0.5) is 4.39 Å². The average Bonchev–Trinajstić information content (AvgIpc) is 2.42. The van der Waals surface area contributed by atoms with E-state index in [1.807, 2.05) is 0 Å². The van der Waals surface area contributed by atoms with Gasteiger partial charge in [0.05, 0.1) is 0 Å². The van der Waals surface area contributed by atoms with Gasteiger partial charge in [0.2, 0.25) is 12.2 Å². The summed E-state index contributed by atoms with van der Waals surface area (Å²) in [5.74, 6) is -2.79. The second kappa shape index (κ2) is 8.57. The van der Waals surface area contributed by atoms with Gasteiger partial charge in [0.15, 0.2) is 12.3 Å². The van der Waals surface area contributed by atoms with Gasteiger partial charge in [0.1, 0.15) is 18.8 Å². The van der Waals surface area contributed by atoms with Crippen LogP contribution in [0.1, 0.15) is 27.7 Å². The van der Waals surface area contributed by atoms with Gasteiger partial charge < -0.3 is 24.3 Å². The van der Waals surface area contributed by atoms with Crippen LogP contribution in [0.2, 0.25) is 0 Å². The number of nitrogens with one attached hydrogen (secondary N) is 1. The molecule has 1 aliphatic heterocycles. The Morgan fingerprint density at radius 3 is 2.04 bits per heavy atom. The van der Waals surface area contributed by atoms with Gasteiger partial charge in [-0.2, -0.15) is 0 Å². The summed E-state index contributed by atoms with van der Waals surface area (Å²) in [5, 5.41) is 2.26. The molecule has 0 aliphatic carbocycles. The summed E-state index contributed by atoms with van der Waals surface area (Å²) in [7, 11) is 0. The predicted octanol–water partition coefficient (Wildman–Crippen LogP) is -0.388. The Hall–Kier alpha value is -2.23. The fraction of sp³-hybridized carbons (Fsp3) is 0.714. The minimum absolute atomic E-state index is 0.418. The van der Waals surface area contributed by atoms with E-state index < -0.39 is 61.1 Å². The van der Waals surface area contributed by atoms with Crippen molar-refractivity contribution in [3.05, 3.63) is 0 Å². The van der Waals surface area contributed by atoms with Gasteiger partial charge in [0.25, 0.3) is 0 Å². The van der Waals surface area contributed by atoms with E-state index in [1.165, 1.54) is 0 Å². The molecule has 1 heterocycles. The highest BCUT2D eigenvalue weighted by atomic mass is 19.1. The summed E-state index contributed by atoms with van der Waals surface area (Å²) in [5.41, 5.74) is 0. The number of alkyl halides is 1. The highest BCUT2D eigenvalue weighted by molar-refractivity contribution is 5.73. The minimum Gasteiger partial charge on any atom is -0.463 e. The molecule has 24 heavy (non-hydrogen) atoms. The quantitative estimate of drug-likeness (QED) is 0.527. The van der Waals surface area contributed by atoms with Crippen molar-refractivity contribution in [3.63, 3.8) is 0 Å². The van der Waals surface area contributed by atoms with Gasteiger partial charge >= 0.3 is 17.9 Å². The van der Waals surface area contributed by atoms with E-state index in [2.05, 4.69) is 5.32 Å². The van der Waals surface area contributed by atoms with Crippen molar-refractivity contribution < 1.29 is 42.5 Å². The lowest BCUT2D eigenvalue weighted by atomic mass is 9.97. The van der Waals surface area contributed by atoms with Crippen LogP contribution in [0.15, 0.2) is 0 Å². The molecule has 0 aromatic rings. The molecule has 1 aliphatic rings. The Morgan fingerprint density at radius 2 is 1.58 bits per heavy atom. The van der Waals surface area contributed by atoms with Crippen LogP contribution in [-0.4, -0.2) is 61.1 Å². The lowest BCUT2D eigenvalue weighted by molar-refractivity contribution is -0.259. The SMILES string of the molecule is CC(=O)N[C@H]1[C@H](OC(C)=O)O[C@H](COC(C)=O)[C@@H](OC(C)=O)[C@@H]1F. The van der Waals surface area contributed by atoms with Crippen LogP contribution in [0.5, 0.6) is 0 Å². The van der Waals surface area contributed by atoms with Crippen molar-refractivity contribution in [3.8, 4) is 0 Å². The van der Waals surface area contributed by atoms with Gasteiger partial charge in [-0.3, -0.25) is 19.2 Å². The first-order valence-electron chi connectivity index (χ1n) is 7.16. The average molecular weight is 349 g/mol. The number of hydrogen-bond donors (Lipinski definition) is 1. The number of carbonyl (C=O) groups is 4. The minimum atomic E-state index is -1.95. The molecule has 0 bridgehead atoms. The number of ether oxygens (including phenoxy) is 4. The highest BCUT2D eigenvalue weighted by Gasteiger charge is 2.50. The Labute approximate surface area is 137 Å². The molecule has 0 unspecified atom stereocenters. The summed E-state index contributed by atoms with van der Waals surface area (Å²) >= 11 is 0. The van der Waals surface area contributed by atoms with Crippen LogP contribution >= 0.6 is 0 Å². The maximum atomic E-state index is 14.8. The maximum absolute atomic E-state index is 14.8. The Bertz CT molecular complexity index is 509. The number of hydrogen-bond acceptors (Lipinski definition) is 8. The molecule has 9 nitrogen and oxygen atoms in total. The summed E-state index contributed by atoms with van der Waals surface area (Å²) < 4.78 is 34.7. The van der Waals surface area contributed by atoms with Crippen molar-refractivity contribution in [2.45, 2.75) is 58.4 Å². The number of rotatable bonds is 5. The molecular formula is C14H20FNO8. The highest BCUT2D eigenvalue weighted by Crippen LogP contribution is 2.27. The number of halogens is 1. The zero-order valence-corrected chi connectivity index (χ0v) is 13.7. The second-order valence-electron chi connectivity index (χ2n) is 5.20. The third kappa shape index (κ3) is 5.76. The first kappa shape index (κ1) is 19.8. The fourth-order valence-electron chi connectivity index (χ4n) is 2.21. The molecule has 0 radical (unpaired) electrons. The largest absolute Gasteiger partial charge is 0.463 e. The third-order valence-electron chi connectivity index (χ3n) is 3.03. The molecule has 5 atom stereocenters. The predicted molar refractivity (Wildman–Crippen MR) is 75.1 cm³/mol. The van der Waals surface area contributed by atoms with Crippen LogP contribution in [0.25, 0.3) is 0 Å².